The largest absolute Gasteiger partial charge is 0.444 e. The van der Waals surface area contributed by atoms with Gasteiger partial charge in [0.05, 0.1) is 6.04 Å². The molecule has 23 heavy (non-hydrogen) atoms. The number of alkyl halides is 2. The number of carbonyl (C=O) groups excluding carboxylic acids is 1. The standard InChI is InChI=1S/C17H23F2NO3/c1-10-11-6-5-7-13(14(21)15(18)19)12(11)8-9-20(10)16(22)23-17(2,3)4/h5-7,10,14-15,21H,8-9H2,1-4H3/t10-,14?/m0/s1. The van der Waals surface area contributed by atoms with Gasteiger partial charge in [0, 0.05) is 6.54 Å². The monoisotopic (exact) mass is 327 g/mol. The molecule has 128 valence electrons. The van der Waals surface area contributed by atoms with Crippen LogP contribution >= 0.6 is 0 Å². The zero-order valence-corrected chi connectivity index (χ0v) is 13.8. The van der Waals surface area contributed by atoms with E-state index in [0.717, 1.165) is 5.56 Å². The second kappa shape index (κ2) is 6.43. The number of hydrogen-bond donors (Lipinski definition) is 1. The highest BCUT2D eigenvalue weighted by Gasteiger charge is 2.33. The summed E-state index contributed by atoms with van der Waals surface area (Å²) in [6.45, 7) is 7.59. The molecule has 2 rings (SSSR count). The summed E-state index contributed by atoms with van der Waals surface area (Å²) in [5.74, 6) is 0. The van der Waals surface area contributed by atoms with Crippen molar-refractivity contribution in [1.82, 2.24) is 4.90 Å². The Morgan fingerprint density at radius 1 is 1.39 bits per heavy atom. The quantitative estimate of drug-likeness (QED) is 0.898. The number of rotatable bonds is 2. The predicted molar refractivity (Wildman–Crippen MR) is 82.5 cm³/mol. The van der Waals surface area contributed by atoms with Gasteiger partial charge in [0.2, 0.25) is 0 Å². The third kappa shape index (κ3) is 3.80. The third-order valence-corrected chi connectivity index (χ3v) is 3.95. The SMILES string of the molecule is C[C@H]1c2cccc(C(O)C(F)F)c2CCN1C(=O)OC(C)(C)C. The van der Waals surface area contributed by atoms with Crippen LogP contribution in [0.15, 0.2) is 18.2 Å². The van der Waals surface area contributed by atoms with Crippen molar-refractivity contribution in [2.75, 3.05) is 6.54 Å². The highest BCUT2D eigenvalue weighted by atomic mass is 19.3. The third-order valence-electron chi connectivity index (χ3n) is 3.95. The topological polar surface area (TPSA) is 49.8 Å². The first-order valence-corrected chi connectivity index (χ1v) is 7.69. The normalized spacial score (nSPS) is 19.5. The zero-order chi connectivity index (χ0) is 17.4. The molecule has 0 aliphatic carbocycles. The van der Waals surface area contributed by atoms with Crippen molar-refractivity contribution in [3.05, 3.63) is 34.9 Å². The van der Waals surface area contributed by atoms with Crippen molar-refractivity contribution >= 4 is 6.09 Å². The Bertz CT molecular complexity index is 584. The molecule has 0 saturated heterocycles. The fraction of sp³-hybridized carbons (Fsp3) is 0.588. The Kier molecular flexibility index (Phi) is 4.94. The van der Waals surface area contributed by atoms with Crippen LogP contribution in [0.25, 0.3) is 0 Å². The van der Waals surface area contributed by atoms with Crippen LogP contribution in [0.1, 0.15) is 56.5 Å². The molecular weight excluding hydrogens is 304 g/mol. The van der Waals surface area contributed by atoms with Crippen LogP contribution in [0.5, 0.6) is 0 Å². The Morgan fingerprint density at radius 3 is 2.61 bits per heavy atom. The summed E-state index contributed by atoms with van der Waals surface area (Å²) in [5.41, 5.74) is 1.13. The van der Waals surface area contributed by atoms with Crippen molar-refractivity contribution in [1.29, 1.82) is 0 Å². The fourth-order valence-electron chi connectivity index (χ4n) is 2.88. The Morgan fingerprint density at radius 2 is 2.04 bits per heavy atom. The van der Waals surface area contributed by atoms with Gasteiger partial charge in [0.1, 0.15) is 11.7 Å². The number of ether oxygens (including phenoxy) is 1. The van der Waals surface area contributed by atoms with Crippen LogP contribution in [0, 0.1) is 0 Å². The van der Waals surface area contributed by atoms with Crippen LogP contribution in [-0.2, 0) is 11.2 Å². The van der Waals surface area contributed by atoms with E-state index in [4.69, 9.17) is 4.74 Å². The molecule has 1 aromatic rings. The molecule has 0 saturated carbocycles. The van der Waals surface area contributed by atoms with Crippen LogP contribution in [0.4, 0.5) is 13.6 Å². The summed E-state index contributed by atoms with van der Waals surface area (Å²) in [7, 11) is 0. The van der Waals surface area contributed by atoms with Crippen molar-refractivity contribution in [3.8, 4) is 0 Å². The number of aliphatic hydroxyl groups is 1. The zero-order valence-electron chi connectivity index (χ0n) is 13.8. The molecule has 1 aliphatic heterocycles. The number of hydrogen-bond acceptors (Lipinski definition) is 3. The van der Waals surface area contributed by atoms with Crippen molar-refractivity contribution < 1.29 is 23.4 Å². The second-order valence-electron chi connectivity index (χ2n) is 6.79. The first-order valence-electron chi connectivity index (χ1n) is 7.69. The minimum absolute atomic E-state index is 0.244. The number of nitrogens with zero attached hydrogens (tertiary/aromatic N) is 1. The lowest BCUT2D eigenvalue weighted by Crippen LogP contribution is -2.42. The van der Waals surface area contributed by atoms with Gasteiger partial charge < -0.3 is 14.7 Å². The Balaban J connectivity index is 2.29. The molecule has 6 heteroatoms. The molecule has 0 fully saturated rings. The molecule has 1 unspecified atom stereocenters. The number of fused-ring (bicyclic) bond motifs is 1. The fourth-order valence-corrected chi connectivity index (χ4v) is 2.88. The van der Waals surface area contributed by atoms with Crippen molar-refractivity contribution in [2.45, 2.75) is 58.3 Å². The maximum atomic E-state index is 12.8. The summed E-state index contributed by atoms with van der Waals surface area (Å²) in [5, 5.41) is 9.71. The van der Waals surface area contributed by atoms with E-state index in [1.165, 1.54) is 6.07 Å². The van der Waals surface area contributed by atoms with Crippen molar-refractivity contribution in [3.63, 3.8) is 0 Å². The minimum Gasteiger partial charge on any atom is -0.444 e. The van der Waals surface area contributed by atoms with Gasteiger partial charge in [0.15, 0.2) is 0 Å². The molecule has 1 amide bonds. The number of amides is 1. The summed E-state index contributed by atoms with van der Waals surface area (Å²) in [6.07, 6.45) is -4.64. The lowest BCUT2D eigenvalue weighted by atomic mass is 9.88. The molecule has 1 N–H and O–H groups in total. The summed E-state index contributed by atoms with van der Waals surface area (Å²) >= 11 is 0. The van der Waals surface area contributed by atoms with Crippen LogP contribution in [0.2, 0.25) is 0 Å². The van der Waals surface area contributed by atoms with Gasteiger partial charge in [-0.2, -0.15) is 0 Å². The molecule has 0 aromatic heterocycles. The smallest absolute Gasteiger partial charge is 0.410 e. The Hall–Kier alpha value is -1.69. The van der Waals surface area contributed by atoms with Crippen LogP contribution < -0.4 is 0 Å². The highest BCUT2D eigenvalue weighted by Crippen LogP contribution is 2.35. The number of halogens is 2. The van der Waals surface area contributed by atoms with E-state index >= 15 is 0 Å². The summed E-state index contributed by atoms with van der Waals surface area (Å²) in [6, 6.07) is 4.66. The maximum absolute atomic E-state index is 12.8. The van der Waals surface area contributed by atoms with Crippen molar-refractivity contribution in [2.24, 2.45) is 0 Å². The van der Waals surface area contributed by atoms with E-state index in [2.05, 4.69) is 0 Å². The molecule has 4 nitrogen and oxygen atoms in total. The van der Waals surface area contributed by atoms with E-state index in [9.17, 15) is 18.7 Å². The van der Waals surface area contributed by atoms with E-state index in [1.54, 1.807) is 37.8 Å². The van der Waals surface area contributed by atoms with Gasteiger partial charge in [-0.25, -0.2) is 13.6 Å². The van der Waals surface area contributed by atoms with E-state index in [-0.39, 0.29) is 11.6 Å². The van der Waals surface area contributed by atoms with Crippen LogP contribution in [-0.4, -0.2) is 34.7 Å². The Labute approximate surface area is 135 Å². The average Bonchev–Trinajstić information content (AvgIpc) is 2.44. The molecule has 2 atom stereocenters. The number of carbonyl (C=O) groups is 1. The lowest BCUT2D eigenvalue weighted by molar-refractivity contribution is -0.00708. The average molecular weight is 327 g/mol. The number of aliphatic hydroxyl groups excluding tert-OH is 1. The molecule has 1 heterocycles. The summed E-state index contributed by atoms with van der Waals surface area (Å²) < 4.78 is 31.1. The minimum atomic E-state index is -2.83. The van der Waals surface area contributed by atoms with Gasteiger partial charge >= 0.3 is 6.09 Å². The van der Waals surface area contributed by atoms with E-state index in [1.807, 2.05) is 6.92 Å². The lowest BCUT2D eigenvalue weighted by Gasteiger charge is -2.37. The van der Waals surface area contributed by atoms with Gasteiger partial charge in [-0.1, -0.05) is 18.2 Å². The molecule has 0 spiro atoms. The molecule has 1 aliphatic rings. The molecular formula is C17H23F2NO3. The first kappa shape index (κ1) is 17.7. The predicted octanol–water partition coefficient (Wildman–Crippen LogP) is 3.84. The molecule has 1 aromatic carbocycles. The van der Waals surface area contributed by atoms with Gasteiger partial charge in [-0.05, 0) is 50.8 Å². The first-order chi connectivity index (χ1) is 10.6. The van der Waals surface area contributed by atoms with Gasteiger partial charge in [0.25, 0.3) is 6.43 Å². The highest BCUT2D eigenvalue weighted by molar-refractivity contribution is 5.69. The van der Waals surface area contributed by atoms with Crippen LogP contribution in [0.3, 0.4) is 0 Å². The van der Waals surface area contributed by atoms with Gasteiger partial charge in [-0.15, -0.1) is 0 Å². The second-order valence-corrected chi connectivity index (χ2v) is 6.79. The summed E-state index contributed by atoms with van der Waals surface area (Å²) in [4.78, 5) is 13.9. The van der Waals surface area contributed by atoms with E-state index < -0.39 is 24.2 Å². The number of benzene rings is 1. The van der Waals surface area contributed by atoms with Gasteiger partial charge in [-0.3, -0.25) is 0 Å². The maximum Gasteiger partial charge on any atom is 0.410 e. The molecule has 0 bridgehead atoms. The van der Waals surface area contributed by atoms with E-state index in [0.29, 0.717) is 18.5 Å². The molecule has 0 radical (unpaired) electrons.